The van der Waals surface area contributed by atoms with Crippen LogP contribution in [0.15, 0.2) is 0 Å². The third kappa shape index (κ3) is 4.74. The Bertz CT molecular complexity index is 471. The van der Waals surface area contributed by atoms with Gasteiger partial charge in [0.1, 0.15) is 12.1 Å². The van der Waals surface area contributed by atoms with Crippen LogP contribution in [0.4, 0.5) is 0 Å². The van der Waals surface area contributed by atoms with Crippen LogP contribution in [0.1, 0.15) is 32.6 Å². The van der Waals surface area contributed by atoms with E-state index in [1.165, 1.54) is 18.9 Å². The minimum Gasteiger partial charge on any atom is -0.467 e. The molecule has 2 N–H and O–H groups in total. The molecule has 122 valence electrons. The Hall–Kier alpha value is -2.07. The molecule has 2 amide bonds. The molecular formula is C15H22N2O5. The minimum absolute atomic E-state index is 0.118. The number of methoxy groups -OCH3 is 1. The van der Waals surface area contributed by atoms with E-state index in [1.54, 1.807) is 0 Å². The first-order chi connectivity index (χ1) is 10.4. The molecule has 7 heteroatoms. The number of hydrogen-bond donors (Lipinski definition) is 2. The van der Waals surface area contributed by atoms with E-state index >= 15 is 0 Å². The fourth-order valence-electron chi connectivity index (χ4n) is 2.48. The van der Waals surface area contributed by atoms with Crippen molar-refractivity contribution in [3.05, 3.63) is 0 Å². The molecule has 0 aliphatic carbocycles. The summed E-state index contributed by atoms with van der Waals surface area (Å²) >= 11 is 0. The third-order valence-corrected chi connectivity index (χ3v) is 3.60. The molecule has 0 bridgehead atoms. The first kappa shape index (κ1) is 18.0. The number of hydrogen-bond acceptors (Lipinski definition) is 5. The number of aliphatic hydroxyl groups excluding tert-OH is 1. The predicted molar refractivity (Wildman–Crippen MR) is 78.4 cm³/mol. The van der Waals surface area contributed by atoms with Gasteiger partial charge in [0.15, 0.2) is 0 Å². The zero-order valence-corrected chi connectivity index (χ0v) is 12.9. The average molecular weight is 310 g/mol. The molecular weight excluding hydrogens is 288 g/mol. The summed E-state index contributed by atoms with van der Waals surface area (Å²) in [5, 5.41) is 12.2. The number of ether oxygens (including phenoxy) is 1. The lowest BCUT2D eigenvalue weighted by Crippen LogP contribution is -2.50. The maximum absolute atomic E-state index is 12.3. The van der Waals surface area contributed by atoms with Gasteiger partial charge in [0.05, 0.1) is 13.2 Å². The summed E-state index contributed by atoms with van der Waals surface area (Å²) < 4.78 is 4.67. The molecule has 0 unspecified atom stereocenters. The van der Waals surface area contributed by atoms with Gasteiger partial charge in [-0.2, -0.15) is 0 Å². The highest BCUT2D eigenvalue weighted by atomic mass is 16.5. The molecule has 1 aliphatic heterocycles. The molecule has 7 nitrogen and oxygen atoms in total. The van der Waals surface area contributed by atoms with Gasteiger partial charge < -0.3 is 20.1 Å². The van der Waals surface area contributed by atoms with Crippen LogP contribution >= 0.6 is 0 Å². The van der Waals surface area contributed by atoms with Crippen molar-refractivity contribution in [3.8, 4) is 12.3 Å². The summed E-state index contributed by atoms with van der Waals surface area (Å²) in [7, 11) is 1.24. The summed E-state index contributed by atoms with van der Waals surface area (Å²) in [5.74, 6) is 1.15. The van der Waals surface area contributed by atoms with Crippen LogP contribution < -0.4 is 5.32 Å². The molecule has 1 fully saturated rings. The average Bonchev–Trinajstić information content (AvgIpc) is 2.88. The maximum atomic E-state index is 12.3. The molecule has 0 aromatic heterocycles. The maximum Gasteiger partial charge on any atom is 0.328 e. The molecule has 1 heterocycles. The van der Waals surface area contributed by atoms with Crippen molar-refractivity contribution in [2.45, 2.75) is 50.8 Å². The third-order valence-electron chi connectivity index (χ3n) is 3.60. The molecule has 22 heavy (non-hydrogen) atoms. The van der Waals surface area contributed by atoms with E-state index in [0.717, 1.165) is 0 Å². The number of carbonyl (C=O) groups is 3. The smallest absolute Gasteiger partial charge is 0.328 e. The number of terminal acetylenes is 1. The highest BCUT2D eigenvalue weighted by Gasteiger charge is 2.38. The highest BCUT2D eigenvalue weighted by Crippen LogP contribution is 2.18. The second kappa shape index (κ2) is 8.39. The van der Waals surface area contributed by atoms with Gasteiger partial charge in [-0.3, -0.25) is 9.59 Å². The summed E-state index contributed by atoms with van der Waals surface area (Å²) in [4.78, 5) is 36.8. The van der Waals surface area contributed by atoms with E-state index < -0.39 is 30.1 Å². The fraction of sp³-hybridized carbons (Fsp3) is 0.667. The number of esters is 1. The van der Waals surface area contributed by atoms with Gasteiger partial charge in [0.2, 0.25) is 11.8 Å². The van der Waals surface area contributed by atoms with Gasteiger partial charge in [-0.1, -0.05) is 0 Å². The minimum atomic E-state index is -0.808. The van der Waals surface area contributed by atoms with E-state index in [1.807, 2.05) is 0 Å². The van der Waals surface area contributed by atoms with Crippen LogP contribution in [0.5, 0.6) is 0 Å². The SMILES string of the molecule is C#CCCC[C@H](NC(=O)[C@@H]1C[C@@H](O)CN1C(C)=O)C(=O)OC. The van der Waals surface area contributed by atoms with Gasteiger partial charge in [0, 0.05) is 26.3 Å². The van der Waals surface area contributed by atoms with Crippen LogP contribution in [-0.2, 0) is 19.1 Å². The number of likely N-dealkylation sites (tertiary alicyclic amines) is 1. The van der Waals surface area contributed by atoms with E-state index in [2.05, 4.69) is 16.0 Å². The number of unbranched alkanes of at least 4 members (excludes halogenated alkanes) is 1. The molecule has 0 aromatic rings. The number of amides is 2. The van der Waals surface area contributed by atoms with Crippen molar-refractivity contribution >= 4 is 17.8 Å². The Labute approximate surface area is 130 Å². The normalized spacial score (nSPS) is 21.8. The predicted octanol–water partition coefficient (Wildman–Crippen LogP) is -0.571. The van der Waals surface area contributed by atoms with E-state index in [4.69, 9.17) is 6.42 Å². The van der Waals surface area contributed by atoms with Crippen molar-refractivity contribution < 1.29 is 24.2 Å². The number of β-amino-alcohol motifs (C(OH)–C–C–N with tert-alkyl or cyclic N) is 1. The van der Waals surface area contributed by atoms with Gasteiger partial charge in [-0.15, -0.1) is 12.3 Å². The molecule has 1 aliphatic rings. The van der Waals surface area contributed by atoms with Crippen LogP contribution in [-0.4, -0.2) is 59.6 Å². The largest absolute Gasteiger partial charge is 0.467 e. The Morgan fingerprint density at radius 2 is 2.18 bits per heavy atom. The Kier molecular flexibility index (Phi) is 6.86. The van der Waals surface area contributed by atoms with Crippen molar-refractivity contribution in [3.63, 3.8) is 0 Å². The zero-order chi connectivity index (χ0) is 16.7. The Morgan fingerprint density at radius 3 is 2.73 bits per heavy atom. The van der Waals surface area contributed by atoms with Crippen LogP contribution in [0.2, 0.25) is 0 Å². The van der Waals surface area contributed by atoms with E-state index in [0.29, 0.717) is 19.3 Å². The molecule has 0 aromatic carbocycles. The lowest BCUT2D eigenvalue weighted by atomic mass is 10.1. The lowest BCUT2D eigenvalue weighted by Gasteiger charge is -2.24. The molecule has 0 spiro atoms. The van der Waals surface area contributed by atoms with E-state index in [-0.39, 0.29) is 18.9 Å². The first-order valence-electron chi connectivity index (χ1n) is 7.17. The quantitative estimate of drug-likeness (QED) is 0.389. The number of aliphatic hydroxyl groups is 1. The zero-order valence-electron chi connectivity index (χ0n) is 12.9. The summed E-state index contributed by atoms with van der Waals surface area (Å²) in [5.41, 5.74) is 0. The number of rotatable bonds is 6. The van der Waals surface area contributed by atoms with Crippen molar-refractivity contribution in [1.82, 2.24) is 10.2 Å². The second-order valence-electron chi connectivity index (χ2n) is 5.26. The van der Waals surface area contributed by atoms with Gasteiger partial charge in [-0.05, 0) is 12.8 Å². The number of nitrogens with one attached hydrogen (secondary N) is 1. The topological polar surface area (TPSA) is 95.9 Å². The van der Waals surface area contributed by atoms with Crippen molar-refractivity contribution in [2.75, 3.05) is 13.7 Å². The summed E-state index contributed by atoms with van der Waals surface area (Å²) in [6.45, 7) is 1.45. The standard InChI is InChI=1S/C15H22N2O5/c1-4-5-6-7-12(15(21)22-3)16-14(20)13-8-11(19)9-17(13)10(2)18/h1,11-13,19H,5-9H2,2-3H3,(H,16,20)/t11-,12+,13+/m1/s1. The fourth-order valence-corrected chi connectivity index (χ4v) is 2.48. The second-order valence-corrected chi connectivity index (χ2v) is 5.26. The van der Waals surface area contributed by atoms with Crippen LogP contribution in [0, 0.1) is 12.3 Å². The molecule has 1 saturated heterocycles. The van der Waals surface area contributed by atoms with Crippen molar-refractivity contribution in [1.29, 1.82) is 0 Å². The van der Waals surface area contributed by atoms with Crippen molar-refractivity contribution in [2.24, 2.45) is 0 Å². The van der Waals surface area contributed by atoms with Crippen LogP contribution in [0.3, 0.4) is 0 Å². The summed E-state index contributed by atoms with van der Waals surface area (Å²) in [6, 6.07) is -1.58. The molecule has 0 saturated carbocycles. The number of carbonyl (C=O) groups excluding carboxylic acids is 3. The Balaban J connectivity index is 2.71. The van der Waals surface area contributed by atoms with E-state index in [9.17, 15) is 19.5 Å². The highest BCUT2D eigenvalue weighted by molar-refractivity contribution is 5.90. The number of nitrogens with zero attached hydrogens (tertiary/aromatic N) is 1. The van der Waals surface area contributed by atoms with Gasteiger partial charge in [0.25, 0.3) is 0 Å². The van der Waals surface area contributed by atoms with Crippen LogP contribution in [0.25, 0.3) is 0 Å². The lowest BCUT2D eigenvalue weighted by molar-refractivity contribution is -0.146. The summed E-state index contributed by atoms with van der Waals surface area (Å²) in [6.07, 6.45) is 6.00. The first-order valence-corrected chi connectivity index (χ1v) is 7.17. The molecule has 1 rings (SSSR count). The Morgan fingerprint density at radius 1 is 1.50 bits per heavy atom. The molecule has 3 atom stereocenters. The van der Waals surface area contributed by atoms with Gasteiger partial charge in [-0.25, -0.2) is 4.79 Å². The monoisotopic (exact) mass is 310 g/mol. The van der Waals surface area contributed by atoms with Gasteiger partial charge >= 0.3 is 5.97 Å². The molecule has 0 radical (unpaired) electrons.